The molecule has 10 heteroatoms. The average molecular weight is 431 g/mol. The molecule has 1 atom stereocenters. The van der Waals surface area contributed by atoms with Gasteiger partial charge in [0.1, 0.15) is 5.82 Å². The van der Waals surface area contributed by atoms with Crippen LogP contribution in [0.3, 0.4) is 0 Å². The van der Waals surface area contributed by atoms with Gasteiger partial charge in [0.15, 0.2) is 0 Å². The number of nitrogens with one attached hydrogen (secondary N) is 1. The predicted molar refractivity (Wildman–Crippen MR) is 108 cm³/mol. The van der Waals surface area contributed by atoms with Crippen molar-refractivity contribution in [3.8, 4) is 5.69 Å². The third-order valence-electron chi connectivity index (χ3n) is 4.72. The number of amides is 1. The van der Waals surface area contributed by atoms with Crippen LogP contribution in [0.1, 0.15) is 31.4 Å². The van der Waals surface area contributed by atoms with E-state index in [1.165, 1.54) is 12.1 Å². The summed E-state index contributed by atoms with van der Waals surface area (Å²) in [6.45, 7) is 2.55. The summed E-state index contributed by atoms with van der Waals surface area (Å²) in [5, 5.41) is 11.6. The summed E-state index contributed by atoms with van der Waals surface area (Å²) >= 11 is 6.10. The molecule has 0 aliphatic carbocycles. The van der Waals surface area contributed by atoms with Crippen LogP contribution in [0.2, 0.25) is 5.02 Å². The van der Waals surface area contributed by atoms with Gasteiger partial charge in [0.25, 0.3) is 0 Å². The van der Waals surface area contributed by atoms with Gasteiger partial charge in [-0.25, -0.2) is 9.07 Å². The van der Waals surface area contributed by atoms with Gasteiger partial charge in [-0.05, 0) is 37.6 Å². The molecule has 2 aromatic rings. The van der Waals surface area contributed by atoms with Crippen LogP contribution >= 0.6 is 24.0 Å². The number of hydrogen-bond acceptors (Lipinski definition) is 5. The Bertz CT molecular complexity index is 787. The molecule has 1 aromatic carbocycles. The fraction of sp³-hybridized carbons (Fsp3) is 0.500. The molecule has 1 unspecified atom stereocenters. The van der Waals surface area contributed by atoms with Gasteiger partial charge in [0.05, 0.1) is 22.6 Å². The largest absolute Gasteiger partial charge is 0.354 e. The third kappa shape index (κ3) is 5.88. The highest BCUT2D eigenvalue weighted by Gasteiger charge is 2.24. The first-order valence-corrected chi connectivity index (χ1v) is 9.52. The fourth-order valence-electron chi connectivity index (χ4n) is 3.31. The van der Waals surface area contributed by atoms with Crippen LogP contribution in [0.15, 0.2) is 24.4 Å². The zero-order chi connectivity index (χ0) is 19.2. The van der Waals surface area contributed by atoms with Gasteiger partial charge < -0.3 is 11.1 Å². The number of hydrogen-bond donors (Lipinski definition) is 2. The Morgan fingerprint density at radius 1 is 1.39 bits per heavy atom. The molecule has 28 heavy (non-hydrogen) atoms. The summed E-state index contributed by atoms with van der Waals surface area (Å²) in [7, 11) is 0. The van der Waals surface area contributed by atoms with Gasteiger partial charge in [-0.3, -0.25) is 9.69 Å². The minimum Gasteiger partial charge on any atom is -0.354 e. The van der Waals surface area contributed by atoms with Crippen molar-refractivity contribution in [1.29, 1.82) is 0 Å². The first kappa shape index (κ1) is 22.5. The Morgan fingerprint density at radius 3 is 2.96 bits per heavy atom. The van der Waals surface area contributed by atoms with Crippen LogP contribution in [0.25, 0.3) is 5.69 Å². The number of carbonyl (C=O) groups is 1. The summed E-state index contributed by atoms with van der Waals surface area (Å²) in [5.41, 5.74) is 6.80. The number of carbonyl (C=O) groups excluding carboxylic acids is 1. The molecule has 154 valence electrons. The Labute approximate surface area is 174 Å². The van der Waals surface area contributed by atoms with Gasteiger partial charge in [0.2, 0.25) is 5.91 Å². The number of nitrogens with two attached hydrogens (primary N) is 1. The van der Waals surface area contributed by atoms with Crippen LogP contribution in [0.5, 0.6) is 0 Å². The maximum Gasteiger partial charge on any atom is 0.221 e. The summed E-state index contributed by atoms with van der Waals surface area (Å²) < 4.78 is 14.8. The number of aromatic nitrogens is 3. The molecule has 1 saturated heterocycles. The van der Waals surface area contributed by atoms with Crippen molar-refractivity contribution in [3.05, 3.63) is 40.9 Å². The van der Waals surface area contributed by atoms with E-state index < -0.39 is 5.82 Å². The van der Waals surface area contributed by atoms with Crippen molar-refractivity contribution in [2.45, 2.75) is 38.3 Å². The summed E-state index contributed by atoms with van der Waals surface area (Å²) in [4.78, 5) is 14.0. The molecule has 1 aliphatic heterocycles. The van der Waals surface area contributed by atoms with E-state index in [9.17, 15) is 9.18 Å². The Balaban J connectivity index is 0.00000280. The fourth-order valence-corrected chi connectivity index (χ4v) is 3.57. The molecule has 0 bridgehead atoms. The monoisotopic (exact) mass is 430 g/mol. The minimum atomic E-state index is -0.392. The molecule has 3 N–H and O–H groups in total. The molecule has 0 spiro atoms. The van der Waals surface area contributed by atoms with Crippen LogP contribution in [-0.2, 0) is 11.3 Å². The maximum atomic E-state index is 13.2. The quantitative estimate of drug-likeness (QED) is 0.703. The highest BCUT2D eigenvalue weighted by atomic mass is 35.5. The molecule has 1 amide bonds. The van der Waals surface area contributed by atoms with Crippen molar-refractivity contribution in [1.82, 2.24) is 25.2 Å². The van der Waals surface area contributed by atoms with Gasteiger partial charge >= 0.3 is 0 Å². The van der Waals surface area contributed by atoms with Gasteiger partial charge in [0, 0.05) is 32.1 Å². The molecular formula is C18H25Cl2FN6O. The number of piperidine rings is 1. The van der Waals surface area contributed by atoms with E-state index in [-0.39, 0.29) is 29.4 Å². The van der Waals surface area contributed by atoms with Crippen LogP contribution < -0.4 is 11.1 Å². The van der Waals surface area contributed by atoms with E-state index in [0.717, 1.165) is 31.5 Å². The van der Waals surface area contributed by atoms with E-state index in [4.69, 9.17) is 17.3 Å². The number of halogens is 3. The third-order valence-corrected chi connectivity index (χ3v) is 5.02. The van der Waals surface area contributed by atoms with Crippen molar-refractivity contribution < 1.29 is 9.18 Å². The smallest absolute Gasteiger partial charge is 0.221 e. The van der Waals surface area contributed by atoms with E-state index >= 15 is 0 Å². The molecule has 1 aromatic heterocycles. The van der Waals surface area contributed by atoms with Crippen LogP contribution in [0.4, 0.5) is 4.39 Å². The Kier molecular flexibility index (Phi) is 8.62. The Hall–Kier alpha value is -1.74. The van der Waals surface area contributed by atoms with Crippen molar-refractivity contribution in [2.75, 3.05) is 19.6 Å². The highest BCUT2D eigenvalue weighted by Crippen LogP contribution is 2.22. The van der Waals surface area contributed by atoms with Crippen molar-refractivity contribution in [2.24, 2.45) is 5.73 Å². The second-order valence-corrected chi connectivity index (χ2v) is 7.12. The molecule has 3 rings (SSSR count). The number of rotatable bonds is 7. The number of nitrogens with zero attached hydrogens (tertiary/aromatic N) is 4. The lowest BCUT2D eigenvalue weighted by Gasteiger charge is -2.35. The van der Waals surface area contributed by atoms with Crippen molar-refractivity contribution >= 4 is 29.9 Å². The number of benzene rings is 1. The minimum absolute atomic E-state index is 0. The molecule has 1 aliphatic rings. The first-order chi connectivity index (χ1) is 13.1. The molecular weight excluding hydrogens is 406 g/mol. The van der Waals surface area contributed by atoms with E-state index in [0.29, 0.717) is 31.7 Å². The van der Waals surface area contributed by atoms with Gasteiger partial charge in [-0.15, -0.1) is 17.5 Å². The molecule has 2 heterocycles. The lowest BCUT2D eigenvalue weighted by molar-refractivity contribution is -0.121. The highest BCUT2D eigenvalue weighted by molar-refractivity contribution is 6.32. The SMILES string of the molecule is Cl.NCCC(=O)NCC1CCCCN1Cc1cn(-c2ccc(F)cc2Cl)nn1. The molecule has 0 radical (unpaired) electrons. The summed E-state index contributed by atoms with van der Waals surface area (Å²) in [6.07, 6.45) is 5.44. The van der Waals surface area contributed by atoms with Gasteiger partial charge in [-0.2, -0.15) is 0 Å². The molecule has 1 fully saturated rings. The number of likely N-dealkylation sites (tertiary alicyclic amines) is 1. The first-order valence-electron chi connectivity index (χ1n) is 9.14. The lowest BCUT2D eigenvalue weighted by Crippen LogP contribution is -2.46. The van der Waals surface area contributed by atoms with E-state index in [1.54, 1.807) is 16.9 Å². The summed E-state index contributed by atoms with van der Waals surface area (Å²) in [6, 6.07) is 4.43. The predicted octanol–water partition coefficient (Wildman–Crippen LogP) is 2.30. The van der Waals surface area contributed by atoms with E-state index in [2.05, 4.69) is 20.5 Å². The van der Waals surface area contributed by atoms with Crippen molar-refractivity contribution in [3.63, 3.8) is 0 Å². The average Bonchev–Trinajstić information content (AvgIpc) is 3.09. The zero-order valence-electron chi connectivity index (χ0n) is 15.5. The van der Waals surface area contributed by atoms with Crippen LogP contribution in [0, 0.1) is 5.82 Å². The second-order valence-electron chi connectivity index (χ2n) is 6.71. The Morgan fingerprint density at radius 2 is 2.21 bits per heavy atom. The molecule has 0 saturated carbocycles. The van der Waals surface area contributed by atoms with Crippen LogP contribution in [-0.4, -0.2) is 51.5 Å². The molecule has 7 nitrogen and oxygen atoms in total. The zero-order valence-corrected chi connectivity index (χ0v) is 17.1. The lowest BCUT2D eigenvalue weighted by atomic mass is 10.0. The second kappa shape index (κ2) is 10.7. The maximum absolute atomic E-state index is 13.2. The van der Waals surface area contributed by atoms with Gasteiger partial charge in [-0.1, -0.05) is 23.2 Å². The normalized spacial score (nSPS) is 17.2. The summed E-state index contributed by atoms with van der Waals surface area (Å²) in [5.74, 6) is -0.406. The topological polar surface area (TPSA) is 89.1 Å². The van der Waals surface area contributed by atoms with E-state index in [1.807, 2.05) is 0 Å². The standard InChI is InChI=1S/C18H24ClFN6O.ClH/c19-16-9-13(20)4-5-17(16)26-12-14(23-24-26)11-25-8-2-1-3-15(25)10-22-18(27)6-7-21;/h4-5,9,12,15H,1-3,6-8,10-11,21H2,(H,22,27);1H.